The van der Waals surface area contributed by atoms with E-state index in [2.05, 4.69) is 10.3 Å². The molecular weight excluding hydrogens is 207 g/mol. The monoisotopic (exact) mass is 226 g/mol. The van der Waals surface area contributed by atoms with Crippen LogP contribution in [0.4, 0.5) is 4.39 Å². The van der Waals surface area contributed by atoms with Crippen LogP contribution in [-0.2, 0) is 0 Å². The van der Waals surface area contributed by atoms with Gasteiger partial charge in [0.05, 0.1) is 6.20 Å². The number of aliphatic hydroxyl groups is 1. The lowest BCUT2D eigenvalue weighted by atomic mass is 10.0. The summed E-state index contributed by atoms with van der Waals surface area (Å²) in [4.78, 5) is 3.81. The number of pyridine rings is 1. The molecule has 0 amide bonds. The predicted octanol–water partition coefficient (Wildman–Crippen LogP) is 1.89. The Balaban J connectivity index is 2.61. The first-order valence-corrected chi connectivity index (χ1v) is 5.52. The molecule has 1 aromatic rings. The largest absolute Gasteiger partial charge is 0.396 e. The highest BCUT2D eigenvalue weighted by Gasteiger charge is 2.15. The molecule has 16 heavy (non-hydrogen) atoms. The Bertz CT molecular complexity index is 333. The van der Waals surface area contributed by atoms with Crippen molar-refractivity contribution in [1.29, 1.82) is 0 Å². The van der Waals surface area contributed by atoms with E-state index in [4.69, 9.17) is 5.11 Å². The van der Waals surface area contributed by atoms with E-state index in [-0.39, 0.29) is 30.4 Å². The van der Waals surface area contributed by atoms with Crippen LogP contribution < -0.4 is 5.32 Å². The van der Waals surface area contributed by atoms with E-state index in [0.29, 0.717) is 0 Å². The van der Waals surface area contributed by atoms with Crippen molar-refractivity contribution in [3.63, 3.8) is 0 Å². The zero-order valence-electron chi connectivity index (χ0n) is 9.94. The van der Waals surface area contributed by atoms with Crippen LogP contribution >= 0.6 is 0 Å². The molecule has 0 aliphatic rings. The topological polar surface area (TPSA) is 45.1 Å². The summed E-state index contributed by atoms with van der Waals surface area (Å²) >= 11 is 0. The SMILES string of the molecule is CC(NC(C)C(C)CO)c1cncc(F)c1. The van der Waals surface area contributed by atoms with Gasteiger partial charge in [-0.25, -0.2) is 4.39 Å². The smallest absolute Gasteiger partial charge is 0.141 e. The molecule has 0 saturated carbocycles. The van der Waals surface area contributed by atoms with Crippen molar-refractivity contribution in [2.24, 2.45) is 5.92 Å². The Labute approximate surface area is 95.7 Å². The van der Waals surface area contributed by atoms with Crippen LogP contribution in [-0.4, -0.2) is 22.7 Å². The van der Waals surface area contributed by atoms with Crippen molar-refractivity contribution in [3.8, 4) is 0 Å². The molecule has 0 bridgehead atoms. The van der Waals surface area contributed by atoms with Crippen LogP contribution in [0, 0.1) is 11.7 Å². The minimum absolute atomic E-state index is 0.0206. The predicted molar refractivity (Wildman–Crippen MR) is 61.5 cm³/mol. The molecule has 0 saturated heterocycles. The first-order valence-electron chi connectivity index (χ1n) is 5.52. The van der Waals surface area contributed by atoms with E-state index in [0.717, 1.165) is 5.56 Å². The molecule has 0 aliphatic carbocycles. The number of nitrogens with zero attached hydrogens (tertiary/aromatic N) is 1. The third kappa shape index (κ3) is 3.54. The van der Waals surface area contributed by atoms with E-state index < -0.39 is 0 Å². The first-order chi connectivity index (χ1) is 7.54. The lowest BCUT2D eigenvalue weighted by Crippen LogP contribution is -2.35. The van der Waals surface area contributed by atoms with Gasteiger partial charge in [0.1, 0.15) is 5.82 Å². The van der Waals surface area contributed by atoms with Gasteiger partial charge in [-0.15, -0.1) is 0 Å². The van der Waals surface area contributed by atoms with Crippen LogP contribution in [0.3, 0.4) is 0 Å². The van der Waals surface area contributed by atoms with E-state index in [1.54, 1.807) is 6.20 Å². The molecule has 0 radical (unpaired) electrons. The lowest BCUT2D eigenvalue weighted by Gasteiger charge is -2.24. The number of aromatic nitrogens is 1. The average molecular weight is 226 g/mol. The molecule has 0 fully saturated rings. The second kappa shape index (κ2) is 5.92. The summed E-state index contributed by atoms with van der Waals surface area (Å²) < 4.78 is 13.0. The fourth-order valence-electron chi connectivity index (χ4n) is 1.48. The summed E-state index contributed by atoms with van der Waals surface area (Å²) in [6.45, 7) is 6.07. The van der Waals surface area contributed by atoms with Crippen molar-refractivity contribution in [2.75, 3.05) is 6.61 Å². The highest BCUT2D eigenvalue weighted by Crippen LogP contribution is 2.14. The Hall–Kier alpha value is -1.00. The standard InChI is InChI=1S/C12H19FN2O/c1-8(7-16)9(2)15-10(3)11-4-12(13)6-14-5-11/h4-6,8-10,15-16H,7H2,1-3H3. The number of halogens is 1. The normalized spacial score (nSPS) is 16.8. The number of hydrogen-bond donors (Lipinski definition) is 2. The number of hydrogen-bond acceptors (Lipinski definition) is 3. The lowest BCUT2D eigenvalue weighted by molar-refractivity contribution is 0.202. The molecule has 3 atom stereocenters. The number of nitrogens with one attached hydrogen (secondary N) is 1. The van der Waals surface area contributed by atoms with Crippen LogP contribution in [0.2, 0.25) is 0 Å². The molecule has 2 N–H and O–H groups in total. The highest BCUT2D eigenvalue weighted by atomic mass is 19.1. The average Bonchev–Trinajstić information content (AvgIpc) is 2.27. The molecule has 3 nitrogen and oxygen atoms in total. The summed E-state index contributed by atoms with van der Waals surface area (Å²) in [5.41, 5.74) is 0.817. The minimum Gasteiger partial charge on any atom is -0.396 e. The van der Waals surface area contributed by atoms with Crippen LogP contribution in [0.25, 0.3) is 0 Å². The van der Waals surface area contributed by atoms with Gasteiger partial charge < -0.3 is 10.4 Å². The molecular formula is C12H19FN2O. The quantitative estimate of drug-likeness (QED) is 0.806. The molecule has 0 spiro atoms. The Morgan fingerprint density at radius 2 is 2.06 bits per heavy atom. The molecule has 4 heteroatoms. The Kier molecular flexibility index (Phi) is 4.83. The second-order valence-corrected chi connectivity index (χ2v) is 4.27. The highest BCUT2D eigenvalue weighted by molar-refractivity contribution is 5.14. The first kappa shape index (κ1) is 13.1. The summed E-state index contributed by atoms with van der Waals surface area (Å²) in [6, 6.07) is 1.66. The Morgan fingerprint density at radius 1 is 1.38 bits per heavy atom. The summed E-state index contributed by atoms with van der Waals surface area (Å²) in [6.07, 6.45) is 2.84. The zero-order valence-corrected chi connectivity index (χ0v) is 9.94. The fourth-order valence-corrected chi connectivity index (χ4v) is 1.48. The third-order valence-electron chi connectivity index (χ3n) is 2.88. The maximum atomic E-state index is 13.0. The van der Waals surface area contributed by atoms with E-state index >= 15 is 0 Å². The van der Waals surface area contributed by atoms with Gasteiger partial charge in [0.25, 0.3) is 0 Å². The Morgan fingerprint density at radius 3 is 2.62 bits per heavy atom. The molecule has 1 aromatic heterocycles. The van der Waals surface area contributed by atoms with E-state index in [1.165, 1.54) is 12.3 Å². The van der Waals surface area contributed by atoms with Crippen molar-refractivity contribution in [2.45, 2.75) is 32.9 Å². The summed E-state index contributed by atoms with van der Waals surface area (Å²) in [5.74, 6) is -0.155. The van der Waals surface area contributed by atoms with Gasteiger partial charge in [-0.3, -0.25) is 4.98 Å². The fraction of sp³-hybridized carbons (Fsp3) is 0.583. The molecule has 3 unspecified atom stereocenters. The maximum Gasteiger partial charge on any atom is 0.141 e. The van der Waals surface area contributed by atoms with Gasteiger partial charge in [0.2, 0.25) is 0 Å². The van der Waals surface area contributed by atoms with E-state index in [9.17, 15) is 4.39 Å². The van der Waals surface area contributed by atoms with Crippen LogP contribution in [0.1, 0.15) is 32.4 Å². The van der Waals surface area contributed by atoms with E-state index in [1.807, 2.05) is 20.8 Å². The summed E-state index contributed by atoms with van der Waals surface area (Å²) in [5, 5.41) is 12.3. The second-order valence-electron chi connectivity index (χ2n) is 4.27. The van der Waals surface area contributed by atoms with Gasteiger partial charge in [-0.2, -0.15) is 0 Å². The van der Waals surface area contributed by atoms with Gasteiger partial charge in [-0.1, -0.05) is 6.92 Å². The number of rotatable bonds is 5. The minimum atomic E-state index is -0.325. The van der Waals surface area contributed by atoms with Crippen molar-refractivity contribution < 1.29 is 9.50 Å². The molecule has 0 aromatic carbocycles. The van der Waals surface area contributed by atoms with Crippen molar-refractivity contribution in [3.05, 3.63) is 29.8 Å². The third-order valence-corrected chi connectivity index (χ3v) is 2.88. The van der Waals surface area contributed by atoms with Crippen molar-refractivity contribution >= 4 is 0 Å². The molecule has 90 valence electrons. The number of aliphatic hydroxyl groups excluding tert-OH is 1. The van der Waals surface area contributed by atoms with Gasteiger partial charge >= 0.3 is 0 Å². The maximum absolute atomic E-state index is 13.0. The molecule has 1 heterocycles. The van der Waals surface area contributed by atoms with Gasteiger partial charge in [0, 0.05) is 24.9 Å². The molecule has 1 rings (SSSR count). The van der Waals surface area contributed by atoms with Crippen LogP contribution in [0.15, 0.2) is 18.5 Å². The summed E-state index contributed by atoms with van der Waals surface area (Å²) in [7, 11) is 0. The molecule has 0 aliphatic heterocycles. The van der Waals surface area contributed by atoms with Gasteiger partial charge in [0.15, 0.2) is 0 Å². The van der Waals surface area contributed by atoms with Gasteiger partial charge in [-0.05, 0) is 31.4 Å². The van der Waals surface area contributed by atoms with Crippen LogP contribution in [0.5, 0.6) is 0 Å². The zero-order chi connectivity index (χ0) is 12.1. The van der Waals surface area contributed by atoms with Crippen molar-refractivity contribution in [1.82, 2.24) is 10.3 Å².